The molecular formula is C32H43FN4O5. The van der Waals surface area contributed by atoms with Crippen LogP contribution in [0.5, 0.6) is 17.2 Å². The van der Waals surface area contributed by atoms with Crippen LogP contribution in [0.15, 0.2) is 23.2 Å². The molecular weight excluding hydrogens is 539 g/mol. The second-order valence-corrected chi connectivity index (χ2v) is 11.6. The average Bonchev–Trinajstić information content (AvgIpc) is 3.30. The molecule has 42 heavy (non-hydrogen) atoms. The van der Waals surface area contributed by atoms with E-state index in [4.69, 9.17) is 14.2 Å². The minimum absolute atomic E-state index is 0.0161. The standard InChI is InChI=1S/C32H43FN4O5/c1-9-41-26-17-22-18-37(31(34-7)27(22)28(33)30(26)42-10-2)19-25(39)21-15-23(32(4,5)6)29(40-8)24(16-21)36-13-11-35(12-14-36)20(3)38/h15-17H,9-14,18-19H2,1-8H3. The number of ether oxygens (including phenoxy) is 3. The van der Waals surface area contributed by atoms with E-state index >= 15 is 4.39 Å². The zero-order valence-corrected chi connectivity index (χ0v) is 26.1. The zero-order valence-electron chi connectivity index (χ0n) is 26.1. The van der Waals surface area contributed by atoms with E-state index in [9.17, 15) is 9.59 Å². The number of carbonyl (C=O) groups is 2. The Labute approximate surface area is 248 Å². The number of amides is 1. The molecule has 0 atom stereocenters. The van der Waals surface area contributed by atoms with Crippen molar-refractivity contribution in [1.29, 1.82) is 0 Å². The predicted molar refractivity (Wildman–Crippen MR) is 162 cm³/mol. The van der Waals surface area contributed by atoms with Gasteiger partial charge in [-0.05, 0) is 43.0 Å². The van der Waals surface area contributed by atoms with E-state index in [0.717, 1.165) is 17.0 Å². The molecule has 0 radical (unpaired) electrons. The number of Topliss-reactive ketones (excluding diaryl/α,β-unsaturated/α-hetero) is 1. The van der Waals surface area contributed by atoms with Gasteiger partial charge in [-0.2, -0.15) is 0 Å². The van der Waals surface area contributed by atoms with Crippen LogP contribution in [0.2, 0.25) is 0 Å². The topological polar surface area (TPSA) is 83.9 Å². The van der Waals surface area contributed by atoms with E-state index in [1.165, 1.54) is 0 Å². The van der Waals surface area contributed by atoms with E-state index in [-0.39, 0.29) is 36.0 Å². The number of piperazine rings is 1. The molecule has 2 aromatic carbocycles. The molecule has 0 aliphatic carbocycles. The molecule has 1 amide bonds. The lowest BCUT2D eigenvalue weighted by Crippen LogP contribution is -2.48. The number of hydrogen-bond donors (Lipinski definition) is 0. The molecule has 9 nitrogen and oxygen atoms in total. The van der Waals surface area contributed by atoms with Crippen LogP contribution in [-0.2, 0) is 16.8 Å². The number of rotatable bonds is 9. The third kappa shape index (κ3) is 6.03. The average molecular weight is 583 g/mol. The third-order valence-corrected chi connectivity index (χ3v) is 7.76. The number of nitrogens with zero attached hydrogens (tertiary/aromatic N) is 4. The number of hydrogen-bond acceptors (Lipinski definition) is 7. The van der Waals surface area contributed by atoms with Crippen LogP contribution < -0.4 is 19.1 Å². The van der Waals surface area contributed by atoms with Gasteiger partial charge in [-0.3, -0.25) is 14.6 Å². The van der Waals surface area contributed by atoms with E-state index < -0.39 is 5.82 Å². The van der Waals surface area contributed by atoms with Gasteiger partial charge < -0.3 is 28.9 Å². The summed E-state index contributed by atoms with van der Waals surface area (Å²) in [4.78, 5) is 36.0. The summed E-state index contributed by atoms with van der Waals surface area (Å²) in [6, 6.07) is 5.57. The maximum absolute atomic E-state index is 15.8. The fourth-order valence-electron chi connectivity index (χ4n) is 5.70. The van der Waals surface area contributed by atoms with Gasteiger partial charge in [0, 0.05) is 57.8 Å². The van der Waals surface area contributed by atoms with E-state index in [2.05, 4.69) is 30.7 Å². The van der Waals surface area contributed by atoms with Crippen LogP contribution in [0.1, 0.15) is 68.6 Å². The summed E-state index contributed by atoms with van der Waals surface area (Å²) in [7, 11) is 3.25. The Kier molecular flexibility index (Phi) is 9.33. The van der Waals surface area contributed by atoms with E-state index in [1.54, 1.807) is 39.0 Å². The summed E-state index contributed by atoms with van der Waals surface area (Å²) in [6.45, 7) is 14.9. The number of anilines is 1. The van der Waals surface area contributed by atoms with Gasteiger partial charge in [0.2, 0.25) is 5.91 Å². The molecule has 0 spiro atoms. The lowest BCUT2D eigenvalue weighted by atomic mass is 9.84. The molecule has 10 heteroatoms. The number of carbonyl (C=O) groups excluding carboxylic acids is 2. The first-order chi connectivity index (χ1) is 19.9. The molecule has 0 bridgehead atoms. The Morgan fingerprint density at radius 2 is 1.67 bits per heavy atom. The lowest BCUT2D eigenvalue weighted by Gasteiger charge is -2.37. The maximum atomic E-state index is 15.8. The SMILES string of the molecule is CCOc1cc2c(c(F)c1OCC)C(=NC)N(CC(=O)c1cc(N3CCN(C(C)=O)CC3)c(OC)c(C(C)(C)C)c1)C2. The minimum atomic E-state index is -0.528. The largest absolute Gasteiger partial charge is 0.494 e. The summed E-state index contributed by atoms with van der Waals surface area (Å²) in [5.74, 6) is 0.958. The maximum Gasteiger partial charge on any atom is 0.219 e. The molecule has 2 aliphatic heterocycles. The first-order valence-corrected chi connectivity index (χ1v) is 14.5. The second-order valence-electron chi connectivity index (χ2n) is 11.6. The summed E-state index contributed by atoms with van der Waals surface area (Å²) in [6.07, 6.45) is 0. The predicted octanol–water partition coefficient (Wildman–Crippen LogP) is 4.67. The molecule has 228 valence electrons. The summed E-state index contributed by atoms with van der Waals surface area (Å²) < 4.78 is 33.0. The molecule has 0 N–H and O–H groups in total. The number of halogens is 1. The van der Waals surface area contributed by atoms with Crippen molar-refractivity contribution in [2.75, 3.05) is 65.0 Å². The van der Waals surface area contributed by atoms with Crippen molar-refractivity contribution in [2.24, 2.45) is 4.99 Å². The van der Waals surface area contributed by atoms with Crippen LogP contribution in [0.3, 0.4) is 0 Å². The van der Waals surface area contributed by atoms with E-state index in [1.807, 2.05) is 24.0 Å². The minimum Gasteiger partial charge on any atom is -0.494 e. The fourth-order valence-corrected chi connectivity index (χ4v) is 5.70. The van der Waals surface area contributed by atoms with Crippen molar-refractivity contribution in [1.82, 2.24) is 9.80 Å². The fraction of sp³-hybridized carbons (Fsp3) is 0.531. The van der Waals surface area contributed by atoms with Crippen molar-refractivity contribution in [3.05, 3.63) is 46.3 Å². The zero-order chi connectivity index (χ0) is 30.8. The number of methoxy groups -OCH3 is 1. The molecule has 0 unspecified atom stereocenters. The second kappa shape index (κ2) is 12.6. The van der Waals surface area contributed by atoms with Crippen LogP contribution >= 0.6 is 0 Å². The van der Waals surface area contributed by atoms with Crippen LogP contribution in [0.25, 0.3) is 0 Å². The highest BCUT2D eigenvalue weighted by Crippen LogP contribution is 2.42. The smallest absolute Gasteiger partial charge is 0.219 e. The molecule has 2 aliphatic rings. The van der Waals surface area contributed by atoms with Gasteiger partial charge in [0.05, 0.1) is 38.1 Å². The first-order valence-electron chi connectivity index (χ1n) is 14.5. The quantitative estimate of drug-likeness (QED) is 0.398. The summed E-state index contributed by atoms with van der Waals surface area (Å²) in [5.41, 5.74) is 3.03. The highest BCUT2D eigenvalue weighted by molar-refractivity contribution is 6.07. The Morgan fingerprint density at radius 3 is 2.21 bits per heavy atom. The van der Waals surface area contributed by atoms with Crippen molar-refractivity contribution in [3.63, 3.8) is 0 Å². The molecule has 2 aromatic rings. The Hall–Kier alpha value is -3.82. The Bertz CT molecular complexity index is 1380. The van der Waals surface area contributed by atoms with Crippen molar-refractivity contribution in [3.8, 4) is 17.2 Å². The van der Waals surface area contributed by atoms with Crippen LogP contribution in [-0.4, -0.2) is 87.4 Å². The van der Waals surface area contributed by atoms with Crippen LogP contribution in [0.4, 0.5) is 10.1 Å². The highest BCUT2D eigenvalue weighted by atomic mass is 19.1. The van der Waals surface area contributed by atoms with Crippen molar-refractivity contribution in [2.45, 2.75) is 53.5 Å². The number of aliphatic imine (C=N–C) groups is 1. The van der Waals surface area contributed by atoms with E-state index in [0.29, 0.717) is 67.6 Å². The van der Waals surface area contributed by atoms with Gasteiger partial charge in [-0.15, -0.1) is 0 Å². The van der Waals surface area contributed by atoms with Crippen molar-refractivity contribution < 1.29 is 28.2 Å². The molecule has 4 rings (SSSR count). The number of ketones is 1. The normalized spacial score (nSPS) is 16.1. The molecule has 2 heterocycles. The first kappa shape index (κ1) is 31.1. The molecule has 1 fully saturated rings. The summed E-state index contributed by atoms with van der Waals surface area (Å²) >= 11 is 0. The number of benzene rings is 2. The number of fused-ring (bicyclic) bond motifs is 1. The van der Waals surface area contributed by atoms with Gasteiger partial charge >= 0.3 is 0 Å². The monoisotopic (exact) mass is 582 g/mol. The third-order valence-electron chi connectivity index (χ3n) is 7.76. The Morgan fingerprint density at radius 1 is 1.00 bits per heavy atom. The van der Waals surface area contributed by atoms with Gasteiger partial charge in [0.25, 0.3) is 0 Å². The van der Waals surface area contributed by atoms with Gasteiger partial charge in [0.15, 0.2) is 23.1 Å². The molecule has 0 saturated carbocycles. The van der Waals surface area contributed by atoms with Crippen LogP contribution in [0, 0.1) is 5.82 Å². The van der Waals surface area contributed by atoms with Crippen molar-refractivity contribution >= 4 is 23.2 Å². The van der Waals surface area contributed by atoms with Gasteiger partial charge in [-0.25, -0.2) is 4.39 Å². The Balaban J connectivity index is 1.69. The van der Waals surface area contributed by atoms with Gasteiger partial charge in [0.1, 0.15) is 11.6 Å². The molecule has 0 aromatic heterocycles. The molecule has 1 saturated heterocycles. The highest BCUT2D eigenvalue weighted by Gasteiger charge is 2.35. The lowest BCUT2D eigenvalue weighted by molar-refractivity contribution is -0.129. The summed E-state index contributed by atoms with van der Waals surface area (Å²) in [5, 5.41) is 0. The van der Waals surface area contributed by atoms with Gasteiger partial charge in [-0.1, -0.05) is 20.8 Å². The number of amidine groups is 1.